The van der Waals surface area contributed by atoms with Crippen molar-refractivity contribution in [2.75, 3.05) is 6.26 Å². The smallest absolute Gasteiger partial charge is 0.175 e. The Labute approximate surface area is 133 Å². The quantitative estimate of drug-likeness (QED) is 0.791. The lowest BCUT2D eigenvalue weighted by atomic mass is 10.1. The van der Waals surface area contributed by atoms with Crippen LogP contribution in [-0.2, 0) is 9.84 Å². The number of halogens is 1. The van der Waals surface area contributed by atoms with Gasteiger partial charge in [0.25, 0.3) is 0 Å². The lowest BCUT2D eigenvalue weighted by molar-refractivity contribution is 0.602. The zero-order chi connectivity index (χ0) is 15.6. The molecule has 0 atom stereocenters. The summed E-state index contributed by atoms with van der Waals surface area (Å²) in [5.74, 6) is 0.205. The second-order valence-corrected chi connectivity index (χ2v) is 8.32. The highest BCUT2D eigenvalue weighted by molar-refractivity contribution is 7.99. The molecule has 0 bridgehead atoms. The molecule has 0 saturated heterocycles. The van der Waals surface area contributed by atoms with E-state index in [1.165, 1.54) is 24.3 Å². The summed E-state index contributed by atoms with van der Waals surface area (Å²) in [5.41, 5.74) is 0.899. The van der Waals surface area contributed by atoms with Crippen molar-refractivity contribution in [2.45, 2.75) is 34.6 Å². The van der Waals surface area contributed by atoms with Crippen LogP contribution in [0.3, 0.4) is 0 Å². The molecule has 0 aliphatic heterocycles. The molecule has 0 aliphatic rings. The summed E-state index contributed by atoms with van der Waals surface area (Å²) < 4.78 is 22.9. The molecule has 7 heteroatoms. The Balaban J connectivity index is 2.33. The van der Waals surface area contributed by atoms with E-state index in [0.717, 1.165) is 15.5 Å². The van der Waals surface area contributed by atoms with Crippen molar-refractivity contribution in [1.29, 1.82) is 0 Å². The van der Waals surface area contributed by atoms with Crippen LogP contribution in [0, 0.1) is 0 Å². The Morgan fingerprint density at radius 3 is 2.29 bits per heavy atom. The SMILES string of the molecule is CC(C)c1c(Cl)ncnc1Sc1ccc(S(C)(=O)=O)cc1. The van der Waals surface area contributed by atoms with Gasteiger partial charge in [-0.25, -0.2) is 18.4 Å². The summed E-state index contributed by atoms with van der Waals surface area (Å²) in [5, 5.41) is 1.24. The fourth-order valence-corrected chi connectivity index (χ4v) is 3.87. The van der Waals surface area contributed by atoms with Gasteiger partial charge in [-0.05, 0) is 30.2 Å². The zero-order valence-electron chi connectivity index (χ0n) is 11.9. The Kier molecular flexibility index (Phi) is 4.91. The number of benzene rings is 1. The van der Waals surface area contributed by atoms with Crippen LogP contribution in [0.2, 0.25) is 5.15 Å². The van der Waals surface area contributed by atoms with Crippen molar-refractivity contribution in [3.8, 4) is 0 Å². The first-order valence-corrected chi connectivity index (χ1v) is 9.36. The minimum absolute atomic E-state index is 0.205. The van der Waals surface area contributed by atoms with Gasteiger partial charge in [0.2, 0.25) is 0 Å². The van der Waals surface area contributed by atoms with Crippen molar-refractivity contribution < 1.29 is 8.42 Å². The van der Waals surface area contributed by atoms with E-state index >= 15 is 0 Å². The van der Waals surface area contributed by atoms with Gasteiger partial charge in [0.05, 0.1) is 4.90 Å². The summed E-state index contributed by atoms with van der Waals surface area (Å²) in [6, 6.07) is 6.72. The van der Waals surface area contributed by atoms with E-state index < -0.39 is 9.84 Å². The van der Waals surface area contributed by atoms with Gasteiger partial charge in [0, 0.05) is 16.7 Å². The van der Waals surface area contributed by atoms with Crippen molar-refractivity contribution in [3.05, 3.63) is 41.3 Å². The lowest BCUT2D eigenvalue weighted by Gasteiger charge is -2.12. The van der Waals surface area contributed by atoms with Crippen LogP contribution < -0.4 is 0 Å². The zero-order valence-corrected chi connectivity index (χ0v) is 14.3. The molecule has 0 amide bonds. The maximum atomic E-state index is 11.4. The van der Waals surface area contributed by atoms with Gasteiger partial charge in [-0.3, -0.25) is 0 Å². The van der Waals surface area contributed by atoms with Crippen LogP contribution in [-0.4, -0.2) is 24.6 Å². The number of sulfone groups is 1. The third kappa shape index (κ3) is 3.96. The van der Waals surface area contributed by atoms with Crippen LogP contribution in [0.15, 0.2) is 45.4 Å². The summed E-state index contributed by atoms with van der Waals surface area (Å²) >= 11 is 7.58. The number of nitrogens with zero attached hydrogens (tertiary/aromatic N) is 2. The maximum absolute atomic E-state index is 11.4. The number of hydrogen-bond donors (Lipinski definition) is 0. The Morgan fingerprint density at radius 2 is 1.76 bits per heavy atom. The van der Waals surface area contributed by atoms with Crippen molar-refractivity contribution in [3.63, 3.8) is 0 Å². The molecule has 21 heavy (non-hydrogen) atoms. The van der Waals surface area contributed by atoms with E-state index in [9.17, 15) is 8.42 Å². The van der Waals surface area contributed by atoms with Crippen molar-refractivity contribution in [1.82, 2.24) is 9.97 Å². The highest BCUT2D eigenvalue weighted by Crippen LogP contribution is 2.35. The highest BCUT2D eigenvalue weighted by Gasteiger charge is 2.15. The third-order valence-electron chi connectivity index (χ3n) is 2.84. The highest BCUT2D eigenvalue weighted by atomic mass is 35.5. The first kappa shape index (κ1) is 16.3. The molecule has 0 spiro atoms. The summed E-state index contributed by atoms with van der Waals surface area (Å²) in [6.07, 6.45) is 2.62. The largest absolute Gasteiger partial charge is 0.229 e. The number of hydrogen-bond acceptors (Lipinski definition) is 5. The summed E-state index contributed by atoms with van der Waals surface area (Å²) in [4.78, 5) is 9.49. The van der Waals surface area contributed by atoms with E-state index in [2.05, 4.69) is 9.97 Å². The molecule has 0 unspecified atom stereocenters. The fraction of sp³-hybridized carbons (Fsp3) is 0.286. The molecule has 112 valence electrons. The van der Waals surface area contributed by atoms with Crippen LogP contribution in [0.25, 0.3) is 0 Å². The van der Waals surface area contributed by atoms with Gasteiger partial charge in [-0.1, -0.05) is 37.2 Å². The van der Waals surface area contributed by atoms with Gasteiger partial charge in [0.1, 0.15) is 16.5 Å². The van der Waals surface area contributed by atoms with Crippen LogP contribution in [0.4, 0.5) is 0 Å². The second kappa shape index (κ2) is 6.34. The Morgan fingerprint density at radius 1 is 1.14 bits per heavy atom. The Bertz CT molecular complexity index is 744. The predicted octanol–water partition coefficient (Wildman–Crippen LogP) is 3.81. The molecule has 1 aromatic carbocycles. The topological polar surface area (TPSA) is 59.9 Å². The molecule has 0 radical (unpaired) electrons. The first-order valence-electron chi connectivity index (χ1n) is 6.27. The molecule has 1 aromatic heterocycles. The molecule has 1 heterocycles. The minimum Gasteiger partial charge on any atom is -0.229 e. The standard InChI is InChI=1S/C14H15ClN2O2S2/c1-9(2)12-13(15)16-8-17-14(12)20-10-4-6-11(7-5-10)21(3,18)19/h4-9H,1-3H3. The second-order valence-electron chi connectivity index (χ2n) is 4.88. The van der Waals surface area contributed by atoms with Gasteiger partial charge in [0.15, 0.2) is 9.84 Å². The molecule has 0 saturated carbocycles. The van der Waals surface area contributed by atoms with Crippen LogP contribution >= 0.6 is 23.4 Å². The molecule has 0 fully saturated rings. The average molecular weight is 343 g/mol. The third-order valence-corrected chi connectivity index (χ3v) is 5.30. The average Bonchev–Trinajstić information content (AvgIpc) is 2.38. The minimum atomic E-state index is -3.18. The van der Waals surface area contributed by atoms with Gasteiger partial charge >= 0.3 is 0 Å². The molecule has 2 aromatic rings. The van der Waals surface area contributed by atoms with Gasteiger partial charge < -0.3 is 0 Å². The van der Waals surface area contributed by atoms with Crippen molar-refractivity contribution in [2.24, 2.45) is 0 Å². The van der Waals surface area contributed by atoms with E-state index in [1.54, 1.807) is 24.3 Å². The molecular formula is C14H15ClN2O2S2. The molecule has 4 nitrogen and oxygen atoms in total. The normalized spacial score (nSPS) is 11.9. The van der Waals surface area contributed by atoms with E-state index in [4.69, 9.17) is 11.6 Å². The van der Waals surface area contributed by atoms with Crippen molar-refractivity contribution >= 4 is 33.2 Å². The summed E-state index contributed by atoms with van der Waals surface area (Å²) in [7, 11) is -3.18. The van der Waals surface area contributed by atoms with Gasteiger partial charge in [-0.2, -0.15) is 0 Å². The predicted molar refractivity (Wildman–Crippen MR) is 84.8 cm³/mol. The molecule has 0 N–H and O–H groups in total. The Hall–Kier alpha value is -1.11. The van der Waals surface area contributed by atoms with E-state index in [0.29, 0.717) is 10.0 Å². The van der Waals surface area contributed by atoms with Crippen LogP contribution in [0.1, 0.15) is 25.3 Å². The number of rotatable bonds is 4. The monoisotopic (exact) mass is 342 g/mol. The van der Waals surface area contributed by atoms with E-state index in [-0.39, 0.29) is 5.92 Å². The fourth-order valence-electron chi connectivity index (χ4n) is 1.79. The molecule has 2 rings (SSSR count). The summed E-state index contributed by atoms with van der Waals surface area (Å²) in [6.45, 7) is 4.06. The first-order chi connectivity index (χ1) is 9.79. The molecular weight excluding hydrogens is 328 g/mol. The van der Waals surface area contributed by atoms with E-state index in [1.807, 2.05) is 13.8 Å². The molecule has 0 aliphatic carbocycles. The number of aromatic nitrogens is 2. The maximum Gasteiger partial charge on any atom is 0.175 e. The van der Waals surface area contributed by atoms with Gasteiger partial charge in [-0.15, -0.1) is 0 Å². The van der Waals surface area contributed by atoms with Crippen LogP contribution in [0.5, 0.6) is 0 Å². The lowest BCUT2D eigenvalue weighted by Crippen LogP contribution is -1.98.